The normalized spacial score (nSPS) is 11.7. The lowest BCUT2D eigenvalue weighted by atomic mass is 9.95. The first-order valence-electron chi connectivity index (χ1n) is 16.3. The van der Waals surface area contributed by atoms with Gasteiger partial charge in [-0.1, -0.05) is 133 Å². The van der Waals surface area contributed by atoms with Gasteiger partial charge >= 0.3 is 0 Å². The molecule has 5 nitrogen and oxygen atoms in total. The Morgan fingerprint density at radius 2 is 1.06 bits per heavy atom. The van der Waals surface area contributed by atoms with E-state index in [9.17, 15) is 0 Å². The molecule has 3 aromatic heterocycles. The summed E-state index contributed by atoms with van der Waals surface area (Å²) in [4.78, 5) is 20.1. The summed E-state index contributed by atoms with van der Waals surface area (Å²) >= 11 is 0. The first-order valence-corrected chi connectivity index (χ1v) is 16.3. The molecular formula is C44H26N4O. The zero-order chi connectivity index (χ0) is 32.3. The van der Waals surface area contributed by atoms with Gasteiger partial charge in [0, 0.05) is 39.2 Å². The van der Waals surface area contributed by atoms with Crippen LogP contribution in [0.1, 0.15) is 0 Å². The highest BCUT2D eigenvalue weighted by Crippen LogP contribution is 2.41. The molecule has 0 aliphatic carbocycles. The summed E-state index contributed by atoms with van der Waals surface area (Å²) in [6.07, 6.45) is 1.83. The maximum absolute atomic E-state index is 6.50. The summed E-state index contributed by atoms with van der Waals surface area (Å²) in [5.41, 5.74) is 6.40. The number of fused-ring (bicyclic) bond motifs is 7. The lowest BCUT2D eigenvalue weighted by Crippen LogP contribution is -2.00. The smallest absolute Gasteiger partial charge is 0.164 e. The fourth-order valence-corrected chi connectivity index (χ4v) is 7.04. The maximum Gasteiger partial charge on any atom is 0.164 e. The molecule has 10 aromatic rings. The molecule has 0 amide bonds. The molecule has 0 aliphatic rings. The predicted octanol–water partition coefficient (Wildman–Crippen LogP) is 11.3. The van der Waals surface area contributed by atoms with Crippen LogP contribution in [0, 0.1) is 0 Å². The van der Waals surface area contributed by atoms with Crippen molar-refractivity contribution < 1.29 is 4.42 Å². The molecule has 0 bridgehead atoms. The lowest BCUT2D eigenvalue weighted by Gasteiger charge is -2.13. The number of nitrogens with zero attached hydrogens (tertiary/aromatic N) is 4. The van der Waals surface area contributed by atoms with Crippen LogP contribution in [0.3, 0.4) is 0 Å². The van der Waals surface area contributed by atoms with Crippen molar-refractivity contribution in [2.24, 2.45) is 0 Å². The summed E-state index contributed by atoms with van der Waals surface area (Å²) < 4.78 is 6.50. The number of pyridine rings is 1. The fraction of sp³-hybridized carbons (Fsp3) is 0. The van der Waals surface area contributed by atoms with Crippen LogP contribution in [0.15, 0.2) is 162 Å². The predicted molar refractivity (Wildman–Crippen MR) is 199 cm³/mol. The second-order valence-corrected chi connectivity index (χ2v) is 12.2. The summed E-state index contributed by atoms with van der Waals surface area (Å²) in [5, 5.41) is 8.70. The molecule has 228 valence electrons. The minimum Gasteiger partial charge on any atom is -0.455 e. The minimum atomic E-state index is 0.617. The Morgan fingerprint density at radius 1 is 0.408 bits per heavy atom. The van der Waals surface area contributed by atoms with E-state index in [1.54, 1.807) is 0 Å². The zero-order valence-corrected chi connectivity index (χ0v) is 26.2. The van der Waals surface area contributed by atoms with Crippen LogP contribution < -0.4 is 0 Å². The Kier molecular flexibility index (Phi) is 6.11. The van der Waals surface area contributed by atoms with Crippen LogP contribution in [-0.4, -0.2) is 19.9 Å². The fourth-order valence-electron chi connectivity index (χ4n) is 7.04. The molecule has 0 unspecified atom stereocenters. The van der Waals surface area contributed by atoms with Gasteiger partial charge in [0.05, 0.1) is 11.1 Å². The Labute approximate surface area is 281 Å². The Morgan fingerprint density at radius 3 is 1.92 bits per heavy atom. The molecular weight excluding hydrogens is 601 g/mol. The van der Waals surface area contributed by atoms with Gasteiger partial charge < -0.3 is 4.42 Å². The van der Waals surface area contributed by atoms with Crippen molar-refractivity contribution in [2.45, 2.75) is 0 Å². The molecule has 3 heterocycles. The molecule has 49 heavy (non-hydrogen) atoms. The van der Waals surface area contributed by atoms with Crippen molar-refractivity contribution in [1.29, 1.82) is 0 Å². The van der Waals surface area contributed by atoms with Gasteiger partial charge in [0.2, 0.25) is 0 Å². The summed E-state index contributed by atoms with van der Waals surface area (Å²) in [6.45, 7) is 0. The molecule has 0 radical (unpaired) electrons. The average molecular weight is 627 g/mol. The van der Waals surface area contributed by atoms with E-state index in [4.69, 9.17) is 24.4 Å². The van der Waals surface area contributed by atoms with Crippen molar-refractivity contribution in [2.75, 3.05) is 0 Å². The first-order chi connectivity index (χ1) is 24.3. The van der Waals surface area contributed by atoms with E-state index >= 15 is 0 Å². The number of aromatic nitrogens is 4. The largest absolute Gasteiger partial charge is 0.455 e. The van der Waals surface area contributed by atoms with Gasteiger partial charge in [-0.05, 0) is 45.1 Å². The monoisotopic (exact) mass is 626 g/mol. The summed E-state index contributed by atoms with van der Waals surface area (Å²) in [7, 11) is 0. The van der Waals surface area contributed by atoms with Crippen LogP contribution >= 0.6 is 0 Å². The lowest BCUT2D eigenvalue weighted by molar-refractivity contribution is 0.672. The molecule has 0 fully saturated rings. The highest BCUT2D eigenvalue weighted by molar-refractivity contribution is 6.20. The van der Waals surface area contributed by atoms with Crippen LogP contribution in [0.5, 0.6) is 0 Å². The van der Waals surface area contributed by atoms with Gasteiger partial charge in [0.25, 0.3) is 0 Å². The van der Waals surface area contributed by atoms with Crippen LogP contribution in [0.2, 0.25) is 0 Å². The van der Waals surface area contributed by atoms with E-state index in [1.165, 1.54) is 5.39 Å². The average Bonchev–Trinajstić information content (AvgIpc) is 3.57. The summed E-state index contributed by atoms with van der Waals surface area (Å²) in [5.74, 6) is 1.88. The number of benzene rings is 7. The third-order valence-electron chi connectivity index (χ3n) is 9.37. The molecule has 0 atom stereocenters. The van der Waals surface area contributed by atoms with Crippen molar-refractivity contribution >= 4 is 54.3 Å². The Bertz CT molecular complexity index is 2890. The third-order valence-corrected chi connectivity index (χ3v) is 9.37. The molecule has 7 aromatic carbocycles. The maximum atomic E-state index is 6.50. The second kappa shape index (κ2) is 10.9. The molecule has 0 spiro atoms. The van der Waals surface area contributed by atoms with E-state index in [2.05, 4.69) is 115 Å². The van der Waals surface area contributed by atoms with Crippen molar-refractivity contribution in [1.82, 2.24) is 19.9 Å². The van der Waals surface area contributed by atoms with Gasteiger partial charge in [0.15, 0.2) is 17.5 Å². The molecule has 0 saturated carbocycles. The van der Waals surface area contributed by atoms with E-state index in [-0.39, 0.29) is 0 Å². The number of hydrogen-bond acceptors (Lipinski definition) is 5. The van der Waals surface area contributed by atoms with Gasteiger partial charge in [0.1, 0.15) is 11.2 Å². The van der Waals surface area contributed by atoms with Gasteiger partial charge in [-0.15, -0.1) is 0 Å². The molecule has 0 saturated heterocycles. The van der Waals surface area contributed by atoms with Crippen LogP contribution in [0.4, 0.5) is 0 Å². The topological polar surface area (TPSA) is 64.7 Å². The van der Waals surface area contributed by atoms with E-state index in [1.807, 2.05) is 42.6 Å². The third kappa shape index (κ3) is 4.48. The summed E-state index contributed by atoms with van der Waals surface area (Å²) in [6, 6.07) is 52.0. The minimum absolute atomic E-state index is 0.617. The Hall–Kier alpha value is -6.72. The second-order valence-electron chi connectivity index (χ2n) is 12.2. The van der Waals surface area contributed by atoms with Gasteiger partial charge in [-0.2, -0.15) is 0 Å². The number of furan rings is 1. The van der Waals surface area contributed by atoms with Crippen molar-refractivity contribution in [3.8, 4) is 45.4 Å². The van der Waals surface area contributed by atoms with Gasteiger partial charge in [-0.3, -0.25) is 4.98 Å². The SMILES string of the molecule is c1ccc(-c2nc(-c3ccc4ccccc4c3)nc(-c3cccc4c(-c5nccc6oc7c8ccccc8ccc7c56)cccc34)n2)cc1. The number of hydrogen-bond donors (Lipinski definition) is 0. The Balaban J connectivity index is 1.19. The molecule has 10 rings (SSSR count). The van der Waals surface area contributed by atoms with Crippen molar-refractivity contribution in [3.05, 3.63) is 158 Å². The highest BCUT2D eigenvalue weighted by atomic mass is 16.3. The van der Waals surface area contributed by atoms with Crippen molar-refractivity contribution in [3.63, 3.8) is 0 Å². The van der Waals surface area contributed by atoms with Gasteiger partial charge in [-0.25, -0.2) is 15.0 Å². The quantitative estimate of drug-likeness (QED) is 0.194. The highest BCUT2D eigenvalue weighted by Gasteiger charge is 2.19. The van der Waals surface area contributed by atoms with E-state index in [0.29, 0.717) is 17.5 Å². The standard InChI is InChI=1S/C44H26N4O/c1-2-12-29(13-3-1)42-46-43(31-21-20-27-10-4-5-14-30(27)26-31)48-44(47-42)36-19-9-16-33-34(36)17-8-18-35(33)40-39-37-23-22-28-11-6-7-15-32(28)41(37)49-38(39)24-25-45-40/h1-26H. The van der Waals surface area contributed by atoms with Crippen LogP contribution in [-0.2, 0) is 0 Å². The zero-order valence-electron chi connectivity index (χ0n) is 26.2. The van der Waals surface area contributed by atoms with Crippen LogP contribution in [0.25, 0.3) is 99.7 Å². The molecule has 5 heteroatoms. The first kappa shape index (κ1) is 27.4. The van der Waals surface area contributed by atoms with E-state index in [0.717, 1.165) is 76.8 Å². The number of rotatable bonds is 4. The van der Waals surface area contributed by atoms with E-state index < -0.39 is 0 Å². The molecule has 0 N–H and O–H groups in total. The molecule has 0 aliphatic heterocycles.